The summed E-state index contributed by atoms with van der Waals surface area (Å²) in [6.07, 6.45) is -3.41. The van der Waals surface area contributed by atoms with E-state index in [1.165, 1.54) is 30.5 Å². The lowest BCUT2D eigenvalue weighted by Gasteiger charge is -2.18. The number of alkyl halides is 5. The molecule has 0 saturated carbocycles. The van der Waals surface area contributed by atoms with E-state index in [0.29, 0.717) is 10.6 Å². The maximum absolute atomic E-state index is 13.2. The van der Waals surface area contributed by atoms with Crippen LogP contribution in [-0.2, 0) is 15.7 Å². The van der Waals surface area contributed by atoms with Crippen LogP contribution in [0.4, 0.5) is 27.6 Å². The molecule has 6 nitrogen and oxygen atoms in total. The van der Waals surface area contributed by atoms with Crippen molar-refractivity contribution in [3.05, 3.63) is 95.6 Å². The summed E-state index contributed by atoms with van der Waals surface area (Å²) < 4.78 is 73.4. The Balaban J connectivity index is 1.80. The molecule has 0 aromatic heterocycles. The van der Waals surface area contributed by atoms with Crippen LogP contribution in [0.1, 0.15) is 21.5 Å². The van der Waals surface area contributed by atoms with Gasteiger partial charge in [-0.05, 0) is 42.0 Å². The normalized spacial score (nSPS) is 11.5. The second-order valence-electron chi connectivity index (χ2n) is 6.89. The van der Waals surface area contributed by atoms with Crippen LogP contribution in [-0.4, -0.2) is 31.3 Å². The fourth-order valence-electron chi connectivity index (χ4n) is 2.82. The first-order chi connectivity index (χ1) is 16.6. The minimum absolute atomic E-state index is 0.172. The molecule has 0 radical (unpaired) electrons. The average molecular weight is 492 g/mol. The molecule has 182 valence electrons. The highest BCUT2D eigenvalue weighted by Gasteiger charge is 2.31. The first kappa shape index (κ1) is 25.3. The third kappa shape index (κ3) is 7.36. The number of benzene rings is 3. The minimum atomic E-state index is -4.66. The molecule has 35 heavy (non-hydrogen) atoms. The molecule has 3 aromatic carbocycles. The van der Waals surface area contributed by atoms with Crippen LogP contribution in [0.2, 0.25) is 0 Å². The molecule has 0 aliphatic rings. The molecule has 0 aliphatic carbocycles. The van der Waals surface area contributed by atoms with Crippen molar-refractivity contribution in [2.24, 2.45) is 5.10 Å². The summed E-state index contributed by atoms with van der Waals surface area (Å²) in [5.74, 6) is -2.28. The maximum atomic E-state index is 13.2. The van der Waals surface area contributed by atoms with Gasteiger partial charge in [0.15, 0.2) is 6.61 Å². The van der Waals surface area contributed by atoms with E-state index in [9.17, 15) is 31.5 Å². The highest BCUT2D eigenvalue weighted by Crippen LogP contribution is 2.32. The van der Waals surface area contributed by atoms with E-state index in [0.717, 1.165) is 24.3 Å². The Bertz CT molecular complexity index is 1200. The summed E-state index contributed by atoms with van der Waals surface area (Å²) in [7, 11) is 0. The summed E-state index contributed by atoms with van der Waals surface area (Å²) in [4.78, 5) is 25.1. The van der Waals surface area contributed by atoms with E-state index in [1.54, 1.807) is 30.3 Å². The van der Waals surface area contributed by atoms with Gasteiger partial charge in [0, 0.05) is 0 Å². The van der Waals surface area contributed by atoms with Gasteiger partial charge in [0.2, 0.25) is 0 Å². The van der Waals surface area contributed by atoms with Crippen molar-refractivity contribution in [2.45, 2.75) is 12.8 Å². The molecule has 0 aliphatic heterocycles. The molecule has 11 heteroatoms. The number of carbonyl (C=O) groups is 2. The third-order valence-electron chi connectivity index (χ3n) is 4.40. The van der Waals surface area contributed by atoms with E-state index in [1.807, 2.05) is 0 Å². The number of rotatable bonds is 8. The van der Waals surface area contributed by atoms with E-state index in [4.69, 9.17) is 4.74 Å². The number of hydrogen-bond acceptors (Lipinski definition) is 5. The summed E-state index contributed by atoms with van der Waals surface area (Å²) in [6.45, 7) is -3.99. The van der Waals surface area contributed by atoms with E-state index in [-0.39, 0.29) is 17.0 Å². The number of anilines is 1. The number of esters is 1. The molecular weight excluding hydrogens is 475 g/mol. The molecule has 0 unspecified atom stereocenters. The van der Waals surface area contributed by atoms with Crippen LogP contribution in [0.15, 0.2) is 84.0 Å². The molecule has 0 N–H and O–H groups in total. The lowest BCUT2D eigenvalue weighted by molar-refractivity contribution is -0.137. The van der Waals surface area contributed by atoms with Gasteiger partial charge in [0.25, 0.3) is 5.91 Å². The van der Waals surface area contributed by atoms with Crippen molar-refractivity contribution in [3.8, 4) is 5.75 Å². The SMILES string of the molecule is O=C(OCC(=O)N(/N=C/c1ccccc1)c1cccc(C(F)(F)F)c1)c1cccc(OC(F)F)c1. The standard InChI is InChI=1S/C24H17F5N2O4/c25-23(26)35-20-11-4-8-17(12-20)22(33)34-15-21(32)31(30-14-16-6-2-1-3-7-16)19-10-5-9-18(13-19)24(27,28)29/h1-14,23H,15H2/b30-14+. The highest BCUT2D eigenvalue weighted by molar-refractivity contribution is 5.98. The molecule has 0 bridgehead atoms. The number of halogens is 5. The largest absolute Gasteiger partial charge is 0.452 e. The van der Waals surface area contributed by atoms with Gasteiger partial charge in [-0.15, -0.1) is 0 Å². The predicted molar refractivity (Wildman–Crippen MR) is 116 cm³/mol. The van der Waals surface area contributed by atoms with E-state index < -0.39 is 36.8 Å². The van der Waals surface area contributed by atoms with Crippen LogP contribution in [0.5, 0.6) is 5.75 Å². The van der Waals surface area contributed by atoms with Crippen molar-refractivity contribution < 1.29 is 41.0 Å². The lowest BCUT2D eigenvalue weighted by atomic mass is 10.2. The Morgan fingerprint density at radius 2 is 1.66 bits per heavy atom. The van der Waals surface area contributed by atoms with Gasteiger partial charge in [-0.1, -0.05) is 42.5 Å². The molecular formula is C24H17F5N2O4. The number of hydrazone groups is 1. The first-order valence-corrected chi connectivity index (χ1v) is 9.95. The van der Waals surface area contributed by atoms with Crippen LogP contribution in [0.25, 0.3) is 0 Å². The average Bonchev–Trinajstić information content (AvgIpc) is 2.83. The quantitative estimate of drug-likeness (QED) is 0.180. The Labute approximate surface area is 196 Å². The minimum Gasteiger partial charge on any atom is -0.452 e. The number of hydrogen-bond donors (Lipinski definition) is 0. The molecule has 0 heterocycles. The number of amides is 1. The lowest BCUT2D eigenvalue weighted by Crippen LogP contribution is -2.31. The molecule has 0 spiro atoms. The van der Waals surface area contributed by atoms with Crippen molar-refractivity contribution in [1.82, 2.24) is 0 Å². The predicted octanol–water partition coefficient (Wildman–Crippen LogP) is 5.53. The van der Waals surface area contributed by atoms with Gasteiger partial charge in [0.05, 0.1) is 23.0 Å². The fourth-order valence-corrected chi connectivity index (χ4v) is 2.82. The summed E-state index contributed by atoms with van der Waals surface area (Å²) in [6, 6.07) is 17.1. The topological polar surface area (TPSA) is 68.2 Å². The van der Waals surface area contributed by atoms with E-state index >= 15 is 0 Å². The van der Waals surface area contributed by atoms with Crippen molar-refractivity contribution in [3.63, 3.8) is 0 Å². The summed E-state index contributed by atoms with van der Waals surface area (Å²) in [5, 5.41) is 4.65. The van der Waals surface area contributed by atoms with Crippen LogP contribution < -0.4 is 9.75 Å². The second-order valence-corrected chi connectivity index (χ2v) is 6.89. The van der Waals surface area contributed by atoms with Crippen LogP contribution in [0, 0.1) is 0 Å². The zero-order valence-corrected chi connectivity index (χ0v) is 17.8. The van der Waals surface area contributed by atoms with E-state index in [2.05, 4.69) is 9.84 Å². The number of carbonyl (C=O) groups excluding carboxylic acids is 2. The second kappa shape index (κ2) is 11.2. The van der Waals surface area contributed by atoms with Gasteiger partial charge in [-0.25, -0.2) is 4.79 Å². The van der Waals surface area contributed by atoms with Crippen molar-refractivity contribution in [1.29, 1.82) is 0 Å². The zero-order valence-electron chi connectivity index (χ0n) is 17.8. The molecule has 0 saturated heterocycles. The Morgan fingerprint density at radius 3 is 2.34 bits per heavy atom. The zero-order chi connectivity index (χ0) is 25.4. The van der Waals surface area contributed by atoms with Gasteiger partial charge in [0.1, 0.15) is 5.75 Å². The van der Waals surface area contributed by atoms with Gasteiger partial charge >= 0.3 is 18.8 Å². The van der Waals surface area contributed by atoms with Crippen LogP contribution in [0.3, 0.4) is 0 Å². The van der Waals surface area contributed by atoms with Crippen molar-refractivity contribution >= 4 is 23.8 Å². The Morgan fingerprint density at radius 1 is 0.943 bits per heavy atom. The van der Waals surface area contributed by atoms with Crippen LogP contribution >= 0.6 is 0 Å². The van der Waals surface area contributed by atoms with Gasteiger partial charge < -0.3 is 9.47 Å². The molecule has 1 amide bonds. The summed E-state index contributed by atoms with van der Waals surface area (Å²) >= 11 is 0. The smallest absolute Gasteiger partial charge is 0.416 e. The van der Waals surface area contributed by atoms with Gasteiger partial charge in [-0.3, -0.25) is 4.79 Å². The summed E-state index contributed by atoms with van der Waals surface area (Å²) in [5.41, 5.74) is -0.824. The highest BCUT2D eigenvalue weighted by atomic mass is 19.4. The number of ether oxygens (including phenoxy) is 2. The molecule has 0 fully saturated rings. The van der Waals surface area contributed by atoms with Gasteiger partial charge in [-0.2, -0.15) is 32.1 Å². The Kier molecular flexibility index (Phi) is 8.13. The van der Waals surface area contributed by atoms with Crippen molar-refractivity contribution in [2.75, 3.05) is 11.6 Å². The first-order valence-electron chi connectivity index (χ1n) is 9.95. The monoisotopic (exact) mass is 492 g/mol. The Hall–Kier alpha value is -4.28. The fraction of sp³-hybridized carbons (Fsp3) is 0.125. The molecule has 3 aromatic rings. The number of nitrogens with zero attached hydrogens (tertiary/aromatic N) is 2. The third-order valence-corrected chi connectivity index (χ3v) is 4.40. The molecule has 0 atom stereocenters. The molecule has 3 rings (SSSR count). The maximum Gasteiger partial charge on any atom is 0.416 e.